The number of hydrogen-bond donors (Lipinski definition) is 2. The number of carbonyl (C=O) groups is 2. The number of amides is 2. The van der Waals surface area contributed by atoms with Crippen molar-refractivity contribution >= 4 is 17.5 Å². The quantitative estimate of drug-likeness (QED) is 0.592. The average molecular weight is 319 g/mol. The maximum atomic E-state index is 11.9. The summed E-state index contributed by atoms with van der Waals surface area (Å²) in [4.78, 5) is 33.8. The molecule has 0 saturated heterocycles. The summed E-state index contributed by atoms with van der Waals surface area (Å²) in [7, 11) is 0. The largest absolute Gasteiger partial charge is 0.352 e. The van der Waals surface area contributed by atoms with Crippen molar-refractivity contribution in [3.05, 3.63) is 39.9 Å². The minimum absolute atomic E-state index is 0.0412. The minimum atomic E-state index is -0.740. The number of nitrogens with one attached hydrogen (secondary N) is 2. The summed E-state index contributed by atoms with van der Waals surface area (Å²) in [6, 6.07) is 6.46. The first-order valence-electron chi connectivity index (χ1n) is 7.73. The van der Waals surface area contributed by atoms with Gasteiger partial charge in [0.1, 0.15) is 5.92 Å². The van der Waals surface area contributed by atoms with E-state index < -0.39 is 16.9 Å². The Kier molecular flexibility index (Phi) is 5.31. The Morgan fingerprint density at radius 2 is 2.17 bits per heavy atom. The van der Waals surface area contributed by atoms with E-state index in [9.17, 15) is 19.7 Å². The first-order valence-corrected chi connectivity index (χ1v) is 7.73. The maximum Gasteiger partial charge on any atom is 0.230 e. The van der Waals surface area contributed by atoms with Gasteiger partial charge >= 0.3 is 0 Å². The first kappa shape index (κ1) is 16.9. The van der Waals surface area contributed by atoms with Crippen LogP contribution in [0.25, 0.3) is 0 Å². The van der Waals surface area contributed by atoms with Crippen LogP contribution in [0.4, 0.5) is 5.69 Å². The third kappa shape index (κ3) is 4.51. The Morgan fingerprint density at radius 1 is 1.43 bits per heavy atom. The molecule has 2 N–H and O–H groups in total. The molecule has 1 fully saturated rings. The van der Waals surface area contributed by atoms with Crippen molar-refractivity contribution in [2.45, 2.75) is 39.3 Å². The van der Waals surface area contributed by atoms with Crippen molar-refractivity contribution in [2.24, 2.45) is 11.8 Å². The van der Waals surface area contributed by atoms with Crippen molar-refractivity contribution in [3.8, 4) is 0 Å². The molecular weight excluding hydrogens is 298 g/mol. The van der Waals surface area contributed by atoms with Gasteiger partial charge < -0.3 is 10.6 Å². The molecule has 3 atom stereocenters. The molecule has 1 aliphatic rings. The van der Waals surface area contributed by atoms with Gasteiger partial charge in [-0.2, -0.15) is 0 Å². The minimum Gasteiger partial charge on any atom is -0.352 e. The van der Waals surface area contributed by atoms with Gasteiger partial charge in [0.2, 0.25) is 17.9 Å². The second-order valence-corrected chi connectivity index (χ2v) is 5.91. The molecule has 1 aromatic rings. The van der Waals surface area contributed by atoms with Gasteiger partial charge in [0.25, 0.3) is 0 Å². The normalized spacial score (nSPS) is 20.4. The van der Waals surface area contributed by atoms with Gasteiger partial charge in [-0.1, -0.05) is 26.0 Å². The molecule has 0 spiro atoms. The SMILES string of the molecule is CCC(C)C(=O)Nc1cccc(CNC(=O)C2CC2[N+](=O)[O-])c1. The first-order chi connectivity index (χ1) is 10.9. The van der Waals surface area contributed by atoms with Crippen LogP contribution in [0.3, 0.4) is 0 Å². The molecule has 7 heteroatoms. The topological polar surface area (TPSA) is 101 Å². The molecule has 1 saturated carbocycles. The Bertz CT molecular complexity index is 617. The van der Waals surface area contributed by atoms with Crippen molar-refractivity contribution in [3.63, 3.8) is 0 Å². The van der Waals surface area contributed by atoms with Crippen LogP contribution in [0.15, 0.2) is 24.3 Å². The predicted molar refractivity (Wildman–Crippen MR) is 85.3 cm³/mol. The van der Waals surface area contributed by atoms with Crippen LogP contribution in [0.2, 0.25) is 0 Å². The zero-order valence-corrected chi connectivity index (χ0v) is 13.2. The molecule has 3 unspecified atom stereocenters. The summed E-state index contributed by atoms with van der Waals surface area (Å²) in [6.45, 7) is 4.10. The number of benzene rings is 1. The standard InChI is InChI=1S/C16H21N3O4/c1-3-10(2)15(20)18-12-6-4-5-11(7-12)9-17-16(21)13-8-14(13)19(22)23/h4-7,10,13-14H,3,8-9H2,1-2H3,(H,17,21)(H,18,20). The molecular formula is C16H21N3O4. The monoisotopic (exact) mass is 319 g/mol. The van der Waals surface area contributed by atoms with Gasteiger partial charge in [-0.25, -0.2) is 0 Å². The van der Waals surface area contributed by atoms with Crippen LogP contribution in [0.1, 0.15) is 32.3 Å². The number of anilines is 1. The van der Waals surface area contributed by atoms with Gasteiger partial charge in [0, 0.05) is 29.5 Å². The van der Waals surface area contributed by atoms with Crippen molar-refractivity contribution in [1.82, 2.24) is 5.32 Å². The summed E-state index contributed by atoms with van der Waals surface area (Å²) in [6.07, 6.45) is 1.07. The van der Waals surface area contributed by atoms with Gasteiger partial charge in [-0.3, -0.25) is 19.7 Å². The van der Waals surface area contributed by atoms with E-state index in [-0.39, 0.29) is 24.3 Å². The Balaban J connectivity index is 1.87. The molecule has 1 aromatic carbocycles. The average Bonchev–Trinajstić information content (AvgIpc) is 3.33. The number of nitrogens with zero attached hydrogens (tertiary/aromatic N) is 1. The molecule has 0 radical (unpaired) electrons. The Labute approximate surface area is 134 Å². The van der Waals surface area contributed by atoms with Crippen LogP contribution in [-0.4, -0.2) is 22.8 Å². The fourth-order valence-corrected chi connectivity index (χ4v) is 2.23. The molecule has 2 amide bonds. The lowest BCUT2D eigenvalue weighted by Gasteiger charge is -2.11. The van der Waals surface area contributed by atoms with Crippen LogP contribution in [-0.2, 0) is 16.1 Å². The van der Waals surface area contributed by atoms with Crippen LogP contribution in [0.5, 0.6) is 0 Å². The Morgan fingerprint density at radius 3 is 2.78 bits per heavy atom. The third-order valence-corrected chi connectivity index (χ3v) is 4.09. The summed E-state index contributed by atoms with van der Waals surface area (Å²) >= 11 is 0. The summed E-state index contributed by atoms with van der Waals surface area (Å²) in [5, 5.41) is 16.1. The lowest BCUT2D eigenvalue weighted by molar-refractivity contribution is -0.497. The molecule has 7 nitrogen and oxygen atoms in total. The molecule has 0 aromatic heterocycles. The second-order valence-electron chi connectivity index (χ2n) is 5.91. The van der Waals surface area contributed by atoms with E-state index >= 15 is 0 Å². The fourth-order valence-electron chi connectivity index (χ4n) is 2.23. The molecule has 124 valence electrons. The van der Waals surface area contributed by atoms with Gasteiger partial charge in [0.15, 0.2) is 0 Å². The summed E-state index contributed by atoms with van der Waals surface area (Å²) in [5.74, 6) is -0.910. The molecule has 23 heavy (non-hydrogen) atoms. The van der Waals surface area contributed by atoms with E-state index in [1.807, 2.05) is 19.9 Å². The van der Waals surface area contributed by atoms with E-state index in [1.54, 1.807) is 18.2 Å². The van der Waals surface area contributed by atoms with Gasteiger partial charge in [-0.15, -0.1) is 0 Å². The summed E-state index contributed by atoms with van der Waals surface area (Å²) in [5.41, 5.74) is 1.51. The highest BCUT2D eigenvalue weighted by Crippen LogP contribution is 2.33. The number of rotatable bonds is 7. The number of hydrogen-bond acceptors (Lipinski definition) is 4. The molecule has 0 bridgehead atoms. The van der Waals surface area contributed by atoms with Gasteiger partial charge in [0.05, 0.1) is 0 Å². The van der Waals surface area contributed by atoms with Crippen LogP contribution < -0.4 is 10.6 Å². The van der Waals surface area contributed by atoms with E-state index in [0.717, 1.165) is 12.0 Å². The van der Waals surface area contributed by atoms with Crippen molar-refractivity contribution in [1.29, 1.82) is 0 Å². The van der Waals surface area contributed by atoms with E-state index in [2.05, 4.69) is 10.6 Å². The molecule has 0 aliphatic heterocycles. The number of nitro groups is 1. The molecule has 1 aliphatic carbocycles. The van der Waals surface area contributed by atoms with Crippen molar-refractivity contribution < 1.29 is 14.5 Å². The third-order valence-electron chi connectivity index (χ3n) is 4.09. The van der Waals surface area contributed by atoms with E-state index in [4.69, 9.17) is 0 Å². The van der Waals surface area contributed by atoms with Gasteiger partial charge in [-0.05, 0) is 24.1 Å². The molecule has 2 rings (SSSR count). The zero-order valence-electron chi connectivity index (χ0n) is 13.2. The maximum absolute atomic E-state index is 11.9. The highest BCUT2D eigenvalue weighted by Gasteiger charge is 2.53. The number of carbonyl (C=O) groups excluding carboxylic acids is 2. The fraction of sp³-hybridized carbons (Fsp3) is 0.500. The molecule has 0 heterocycles. The summed E-state index contributed by atoms with van der Waals surface area (Å²) < 4.78 is 0. The van der Waals surface area contributed by atoms with E-state index in [0.29, 0.717) is 12.1 Å². The zero-order chi connectivity index (χ0) is 17.0. The lowest BCUT2D eigenvalue weighted by atomic mass is 10.1. The second kappa shape index (κ2) is 7.21. The smallest absolute Gasteiger partial charge is 0.230 e. The van der Waals surface area contributed by atoms with Crippen molar-refractivity contribution in [2.75, 3.05) is 5.32 Å². The van der Waals surface area contributed by atoms with Crippen LogP contribution in [0, 0.1) is 22.0 Å². The van der Waals surface area contributed by atoms with Crippen LogP contribution >= 0.6 is 0 Å². The highest BCUT2D eigenvalue weighted by molar-refractivity contribution is 5.92. The van der Waals surface area contributed by atoms with E-state index in [1.165, 1.54) is 0 Å². The highest BCUT2D eigenvalue weighted by atomic mass is 16.6. The predicted octanol–water partition coefficient (Wildman–Crippen LogP) is 1.95. The Hall–Kier alpha value is -2.44. The lowest BCUT2D eigenvalue weighted by Crippen LogP contribution is -2.27.